The fraction of sp³-hybridized carbons (Fsp3) is 0.533. The molecule has 2 N–H and O–H groups in total. The summed E-state index contributed by atoms with van der Waals surface area (Å²) in [6, 6.07) is 4.43. The topological polar surface area (TPSA) is 151 Å². The van der Waals surface area contributed by atoms with Gasteiger partial charge < -0.3 is 24.8 Å². The van der Waals surface area contributed by atoms with Gasteiger partial charge in [0.2, 0.25) is 29.3 Å². The van der Waals surface area contributed by atoms with Crippen LogP contribution in [-0.4, -0.2) is 87.7 Å². The Kier molecular flexibility index (Phi) is 7.83. The molecule has 2 fully saturated rings. The molecule has 0 radical (unpaired) electrons. The summed E-state index contributed by atoms with van der Waals surface area (Å²) >= 11 is 1.47. The average Bonchev–Trinajstić information content (AvgIpc) is 3.75. The van der Waals surface area contributed by atoms with Gasteiger partial charge in [0.05, 0.1) is 11.0 Å². The van der Waals surface area contributed by atoms with Gasteiger partial charge in [-0.05, 0) is 65.6 Å². The predicted molar refractivity (Wildman–Crippen MR) is 163 cm³/mol. The number of aromatic nitrogens is 4. The number of thiophene rings is 1. The van der Waals surface area contributed by atoms with Crippen LogP contribution in [0.1, 0.15) is 61.4 Å². The second kappa shape index (κ2) is 11.6. The van der Waals surface area contributed by atoms with Crippen LogP contribution in [0.3, 0.4) is 0 Å². The number of anilines is 2. The number of nitrogens with zero attached hydrogens (tertiary/aromatic N) is 8. The first-order chi connectivity index (χ1) is 20.7. The summed E-state index contributed by atoms with van der Waals surface area (Å²) in [5.41, 5.74) is 6.95. The first kappa shape index (κ1) is 29.1. The van der Waals surface area contributed by atoms with Gasteiger partial charge in [0.15, 0.2) is 0 Å². The average molecular weight is 604 g/mol. The SMILES string of the molecule is C=CC(=O)N1CCN(c2cc(O[C@@H](C)[C@@H]3CCCN3C)nc(-c3noc([C@@]4(C)CCCc5sc(N)c(C#N)c54)n3)n2)CC1. The minimum Gasteiger partial charge on any atom is -0.473 e. The summed E-state index contributed by atoms with van der Waals surface area (Å²) in [7, 11) is 2.12. The Balaban J connectivity index is 1.34. The number of ether oxygens (including phenoxy) is 1. The molecule has 3 aromatic rings. The number of nitrogen functional groups attached to an aromatic ring is 1. The Hall–Kier alpha value is -4.02. The molecule has 0 spiro atoms. The van der Waals surface area contributed by atoms with Gasteiger partial charge in [0.1, 0.15) is 23.0 Å². The first-order valence-corrected chi connectivity index (χ1v) is 15.6. The van der Waals surface area contributed by atoms with E-state index in [1.807, 2.05) is 13.0 Å². The fourth-order valence-corrected chi connectivity index (χ4v) is 7.86. The van der Waals surface area contributed by atoms with Gasteiger partial charge >= 0.3 is 0 Å². The number of fused-ring (bicyclic) bond motifs is 1. The molecule has 2 saturated heterocycles. The van der Waals surface area contributed by atoms with Crippen LogP contribution in [0.15, 0.2) is 23.2 Å². The molecule has 3 aliphatic rings. The maximum atomic E-state index is 12.1. The molecule has 0 aromatic carbocycles. The molecule has 0 bridgehead atoms. The van der Waals surface area contributed by atoms with Crippen LogP contribution in [0.25, 0.3) is 11.6 Å². The van der Waals surface area contributed by atoms with Crippen molar-refractivity contribution in [1.82, 2.24) is 29.9 Å². The van der Waals surface area contributed by atoms with Crippen molar-refractivity contribution < 1.29 is 14.1 Å². The van der Waals surface area contributed by atoms with Crippen LogP contribution >= 0.6 is 11.3 Å². The highest BCUT2D eigenvalue weighted by Gasteiger charge is 2.43. The maximum absolute atomic E-state index is 12.1. The number of hydrogen-bond donors (Lipinski definition) is 1. The monoisotopic (exact) mass is 603 g/mol. The smallest absolute Gasteiger partial charge is 0.246 e. The van der Waals surface area contributed by atoms with E-state index in [0.29, 0.717) is 66.2 Å². The van der Waals surface area contributed by atoms with Gasteiger partial charge in [-0.2, -0.15) is 15.2 Å². The molecular weight excluding hydrogens is 566 g/mol. The number of rotatable bonds is 7. The number of hydrogen-bond acceptors (Lipinski definition) is 12. The number of carbonyl (C=O) groups is 1. The molecule has 0 unspecified atom stereocenters. The molecule has 12 nitrogen and oxygen atoms in total. The second-order valence-electron chi connectivity index (χ2n) is 11.8. The molecule has 13 heteroatoms. The summed E-state index contributed by atoms with van der Waals surface area (Å²) in [6.45, 7) is 11.1. The minimum atomic E-state index is -0.648. The normalized spacial score (nSPS) is 23.1. The van der Waals surface area contributed by atoms with Crippen molar-refractivity contribution in [3.05, 3.63) is 40.6 Å². The van der Waals surface area contributed by atoms with Crippen molar-refractivity contribution >= 4 is 28.1 Å². The number of likely N-dealkylation sites (N-methyl/N-ethyl adjacent to an activating group) is 1. The zero-order valence-corrected chi connectivity index (χ0v) is 25.7. The van der Waals surface area contributed by atoms with Crippen LogP contribution in [0, 0.1) is 11.3 Å². The Morgan fingerprint density at radius 2 is 2.05 bits per heavy atom. The van der Waals surface area contributed by atoms with Crippen LogP contribution in [0.2, 0.25) is 0 Å². The Bertz CT molecular complexity index is 1570. The molecule has 2 aliphatic heterocycles. The van der Waals surface area contributed by atoms with Gasteiger partial charge in [-0.1, -0.05) is 11.7 Å². The lowest BCUT2D eigenvalue weighted by atomic mass is 9.72. The number of aryl methyl sites for hydroxylation is 1. The van der Waals surface area contributed by atoms with Crippen LogP contribution in [0.4, 0.5) is 10.8 Å². The number of piperazine rings is 1. The van der Waals surface area contributed by atoms with Gasteiger partial charge in [-0.3, -0.25) is 9.69 Å². The lowest BCUT2D eigenvalue weighted by molar-refractivity contribution is -0.126. The van der Waals surface area contributed by atoms with E-state index < -0.39 is 5.41 Å². The largest absolute Gasteiger partial charge is 0.473 e. The first-order valence-electron chi connectivity index (χ1n) is 14.8. The molecule has 1 amide bonds. The highest BCUT2D eigenvalue weighted by atomic mass is 32.1. The zero-order valence-electron chi connectivity index (χ0n) is 24.9. The van der Waals surface area contributed by atoms with Gasteiger partial charge in [-0.25, -0.2) is 4.98 Å². The van der Waals surface area contributed by atoms with Gasteiger partial charge in [0.25, 0.3) is 0 Å². The van der Waals surface area contributed by atoms with E-state index in [-0.39, 0.29) is 17.8 Å². The van der Waals surface area contributed by atoms with E-state index in [9.17, 15) is 10.1 Å². The maximum Gasteiger partial charge on any atom is 0.246 e. The lowest BCUT2D eigenvalue weighted by Gasteiger charge is -2.35. The van der Waals surface area contributed by atoms with E-state index in [1.165, 1.54) is 17.4 Å². The van der Waals surface area contributed by atoms with Crippen LogP contribution in [-0.2, 0) is 16.6 Å². The third-order valence-corrected chi connectivity index (χ3v) is 10.1. The van der Waals surface area contributed by atoms with Crippen molar-refractivity contribution in [3.63, 3.8) is 0 Å². The second-order valence-corrected chi connectivity index (χ2v) is 12.9. The number of likely N-dealkylation sites (tertiary alicyclic amines) is 1. The lowest BCUT2D eigenvalue weighted by Crippen LogP contribution is -2.48. The van der Waals surface area contributed by atoms with Crippen LogP contribution in [0.5, 0.6) is 5.88 Å². The molecule has 226 valence electrons. The van der Waals surface area contributed by atoms with Gasteiger partial charge in [-0.15, -0.1) is 11.3 Å². The van der Waals surface area contributed by atoms with E-state index in [0.717, 1.165) is 49.1 Å². The third-order valence-electron chi connectivity index (χ3n) is 9.06. The number of nitrogens with two attached hydrogens (primary N) is 1. The van der Waals surface area contributed by atoms with Crippen molar-refractivity contribution in [2.45, 2.75) is 63.5 Å². The number of nitriles is 1. The standard InChI is InChI=1S/C30H37N9O3S/c1-5-24(40)39-14-12-38(13-15-39)22-16-23(41-18(2)20-8-7-11-37(20)4)34-27(33-22)28-35-29(42-36-28)30(3)10-6-9-21-25(30)19(17-31)26(32)43-21/h5,16,18,20H,1,6-15,32H2,2-4H3/t18-,20-,30-/m0/s1. The summed E-state index contributed by atoms with van der Waals surface area (Å²) in [5.74, 6) is 1.99. The van der Waals surface area contributed by atoms with Crippen molar-refractivity contribution in [2.75, 3.05) is 50.4 Å². The summed E-state index contributed by atoms with van der Waals surface area (Å²) in [6.07, 6.45) is 6.01. The molecule has 43 heavy (non-hydrogen) atoms. The molecule has 0 saturated carbocycles. The highest BCUT2D eigenvalue weighted by molar-refractivity contribution is 7.16. The van der Waals surface area contributed by atoms with Crippen molar-refractivity contribution in [1.29, 1.82) is 5.26 Å². The van der Waals surface area contributed by atoms with Crippen LogP contribution < -0.4 is 15.4 Å². The molecule has 3 aromatic heterocycles. The molecule has 3 atom stereocenters. The fourth-order valence-electron chi connectivity index (χ4n) is 6.67. The van der Waals surface area contributed by atoms with E-state index in [2.05, 4.69) is 41.6 Å². The Morgan fingerprint density at radius 1 is 1.26 bits per heavy atom. The Morgan fingerprint density at radius 3 is 2.74 bits per heavy atom. The summed E-state index contributed by atoms with van der Waals surface area (Å²) < 4.78 is 12.3. The quantitative estimate of drug-likeness (QED) is 0.396. The van der Waals surface area contributed by atoms with Crippen molar-refractivity contribution in [3.8, 4) is 23.6 Å². The minimum absolute atomic E-state index is 0.0767. The van der Waals surface area contributed by atoms with Gasteiger partial charge in [0, 0.05) is 48.7 Å². The molecule has 6 rings (SSSR count). The Labute approximate surface area is 255 Å². The highest BCUT2D eigenvalue weighted by Crippen LogP contribution is 2.48. The van der Waals surface area contributed by atoms with E-state index in [1.54, 1.807) is 4.90 Å². The number of carbonyl (C=O) groups excluding carboxylic acids is 1. The summed E-state index contributed by atoms with van der Waals surface area (Å²) in [5, 5.41) is 14.7. The molecular formula is C30H37N9O3S. The number of amides is 1. The third kappa shape index (κ3) is 5.34. The predicted octanol–water partition coefficient (Wildman–Crippen LogP) is 3.38. The van der Waals surface area contributed by atoms with Crippen molar-refractivity contribution in [2.24, 2.45) is 0 Å². The zero-order chi connectivity index (χ0) is 30.3. The molecule has 5 heterocycles. The van der Waals surface area contributed by atoms with E-state index >= 15 is 0 Å². The van der Waals surface area contributed by atoms with E-state index in [4.69, 9.17) is 29.9 Å². The molecule has 1 aliphatic carbocycles. The summed E-state index contributed by atoms with van der Waals surface area (Å²) in [4.78, 5) is 33.8.